The molecule has 1 atom stereocenters. The predicted octanol–water partition coefficient (Wildman–Crippen LogP) is 2.69. The third-order valence-electron chi connectivity index (χ3n) is 3.96. The number of nitrogens with two attached hydrogens (primary N) is 2. The van der Waals surface area contributed by atoms with Crippen LogP contribution in [0.1, 0.15) is 43.0 Å². The zero-order valence-electron chi connectivity index (χ0n) is 12.2. The van der Waals surface area contributed by atoms with Gasteiger partial charge in [0.1, 0.15) is 5.75 Å². The summed E-state index contributed by atoms with van der Waals surface area (Å²) in [4.78, 5) is 0. The van der Waals surface area contributed by atoms with Crippen molar-refractivity contribution < 1.29 is 4.74 Å². The van der Waals surface area contributed by atoms with E-state index in [1.54, 1.807) is 7.11 Å². The molecule has 0 saturated heterocycles. The third kappa shape index (κ3) is 2.85. The van der Waals surface area contributed by atoms with E-state index >= 15 is 0 Å². The number of hydrogen-bond acceptors (Lipinski definition) is 3. The van der Waals surface area contributed by atoms with Crippen molar-refractivity contribution in [3.05, 3.63) is 28.8 Å². The summed E-state index contributed by atoms with van der Waals surface area (Å²) < 4.78 is 5.33. The summed E-state index contributed by atoms with van der Waals surface area (Å²) >= 11 is 0. The molecule has 0 bridgehead atoms. The zero-order chi connectivity index (χ0) is 13.9. The monoisotopic (exact) mass is 250 g/mol. The van der Waals surface area contributed by atoms with E-state index in [0.717, 1.165) is 17.7 Å². The first-order valence-corrected chi connectivity index (χ1v) is 6.45. The standard InChI is InChI=1S/C15H26N2O/c1-10-11(2)13(18-5)7-6-12(10)14(17)15(3,4)8-9-16/h6-7,14H,8-9,16-17H2,1-5H3. The van der Waals surface area contributed by atoms with Crippen LogP contribution in [0.2, 0.25) is 0 Å². The van der Waals surface area contributed by atoms with E-state index < -0.39 is 0 Å². The Morgan fingerprint density at radius 3 is 2.33 bits per heavy atom. The molecule has 1 rings (SSSR count). The molecule has 0 amide bonds. The number of benzene rings is 1. The lowest BCUT2D eigenvalue weighted by molar-refractivity contribution is 0.270. The molecule has 0 radical (unpaired) electrons. The lowest BCUT2D eigenvalue weighted by atomic mass is 9.77. The Kier molecular flexibility index (Phi) is 4.77. The van der Waals surface area contributed by atoms with Crippen LogP contribution in [0.25, 0.3) is 0 Å². The highest BCUT2D eigenvalue weighted by Crippen LogP contribution is 2.37. The van der Waals surface area contributed by atoms with Crippen molar-refractivity contribution in [3.8, 4) is 5.75 Å². The van der Waals surface area contributed by atoms with Gasteiger partial charge in [0.15, 0.2) is 0 Å². The normalized spacial score (nSPS) is 13.5. The fourth-order valence-corrected chi connectivity index (χ4v) is 2.32. The first-order chi connectivity index (χ1) is 8.35. The second kappa shape index (κ2) is 5.72. The summed E-state index contributed by atoms with van der Waals surface area (Å²) in [5, 5.41) is 0. The molecule has 102 valence electrons. The van der Waals surface area contributed by atoms with Gasteiger partial charge in [-0.3, -0.25) is 0 Å². The van der Waals surface area contributed by atoms with Gasteiger partial charge in [-0.05, 0) is 55.0 Å². The number of methoxy groups -OCH3 is 1. The van der Waals surface area contributed by atoms with Crippen molar-refractivity contribution in [2.24, 2.45) is 16.9 Å². The third-order valence-corrected chi connectivity index (χ3v) is 3.96. The average Bonchev–Trinajstić information content (AvgIpc) is 2.31. The molecule has 0 heterocycles. The predicted molar refractivity (Wildman–Crippen MR) is 76.8 cm³/mol. The molecule has 0 aliphatic carbocycles. The molecule has 4 N–H and O–H groups in total. The van der Waals surface area contributed by atoms with Gasteiger partial charge >= 0.3 is 0 Å². The lowest BCUT2D eigenvalue weighted by Crippen LogP contribution is -2.32. The first kappa shape index (κ1) is 15.0. The van der Waals surface area contributed by atoms with Crippen LogP contribution >= 0.6 is 0 Å². The van der Waals surface area contributed by atoms with Gasteiger partial charge in [0.05, 0.1) is 7.11 Å². The van der Waals surface area contributed by atoms with Crippen LogP contribution in [-0.4, -0.2) is 13.7 Å². The zero-order valence-corrected chi connectivity index (χ0v) is 12.2. The highest BCUT2D eigenvalue weighted by molar-refractivity contribution is 5.45. The van der Waals surface area contributed by atoms with Gasteiger partial charge in [-0.2, -0.15) is 0 Å². The molecule has 1 aromatic rings. The van der Waals surface area contributed by atoms with Crippen LogP contribution < -0.4 is 16.2 Å². The summed E-state index contributed by atoms with van der Waals surface area (Å²) in [5.41, 5.74) is 15.7. The Balaban J connectivity index is 3.14. The van der Waals surface area contributed by atoms with Crippen molar-refractivity contribution in [1.29, 1.82) is 0 Å². The van der Waals surface area contributed by atoms with Gasteiger partial charge in [-0.15, -0.1) is 0 Å². The maximum atomic E-state index is 6.42. The summed E-state index contributed by atoms with van der Waals surface area (Å²) in [6, 6.07) is 4.06. The van der Waals surface area contributed by atoms with Gasteiger partial charge in [-0.25, -0.2) is 0 Å². The van der Waals surface area contributed by atoms with E-state index in [9.17, 15) is 0 Å². The van der Waals surface area contributed by atoms with Crippen molar-refractivity contribution in [1.82, 2.24) is 0 Å². The van der Waals surface area contributed by atoms with Crippen LogP contribution in [0.4, 0.5) is 0 Å². The number of rotatable bonds is 5. The minimum absolute atomic E-state index is 0.000534. The van der Waals surface area contributed by atoms with Crippen molar-refractivity contribution >= 4 is 0 Å². The van der Waals surface area contributed by atoms with E-state index in [2.05, 4.69) is 33.8 Å². The molecule has 18 heavy (non-hydrogen) atoms. The quantitative estimate of drug-likeness (QED) is 0.844. The molecule has 0 aliphatic rings. The maximum Gasteiger partial charge on any atom is 0.122 e. The molecule has 3 nitrogen and oxygen atoms in total. The smallest absolute Gasteiger partial charge is 0.122 e. The highest BCUT2D eigenvalue weighted by Gasteiger charge is 2.28. The Hall–Kier alpha value is -1.06. The van der Waals surface area contributed by atoms with Crippen LogP contribution in [0.3, 0.4) is 0 Å². The van der Waals surface area contributed by atoms with Crippen LogP contribution in [0.5, 0.6) is 5.75 Å². The van der Waals surface area contributed by atoms with Gasteiger partial charge < -0.3 is 16.2 Å². The minimum atomic E-state index is -0.00865. The Labute approximate surface area is 111 Å². The molecular formula is C15H26N2O. The molecular weight excluding hydrogens is 224 g/mol. The minimum Gasteiger partial charge on any atom is -0.496 e. The summed E-state index contributed by atoms with van der Waals surface area (Å²) in [6.45, 7) is 9.17. The maximum absolute atomic E-state index is 6.42. The fourth-order valence-electron chi connectivity index (χ4n) is 2.32. The molecule has 0 aliphatic heterocycles. The van der Waals surface area contributed by atoms with E-state index in [1.807, 2.05) is 6.07 Å². The number of hydrogen-bond donors (Lipinski definition) is 2. The average molecular weight is 250 g/mol. The fraction of sp³-hybridized carbons (Fsp3) is 0.600. The van der Waals surface area contributed by atoms with Crippen molar-refractivity contribution in [2.75, 3.05) is 13.7 Å². The van der Waals surface area contributed by atoms with E-state index in [-0.39, 0.29) is 11.5 Å². The highest BCUT2D eigenvalue weighted by atomic mass is 16.5. The van der Waals surface area contributed by atoms with Crippen LogP contribution in [-0.2, 0) is 0 Å². The Morgan fingerprint density at radius 2 is 1.83 bits per heavy atom. The SMILES string of the molecule is COc1ccc(C(N)C(C)(C)CCN)c(C)c1C. The molecule has 0 spiro atoms. The second-order valence-corrected chi connectivity index (χ2v) is 5.61. The molecule has 0 fully saturated rings. The van der Waals surface area contributed by atoms with E-state index in [1.165, 1.54) is 11.1 Å². The molecule has 1 unspecified atom stereocenters. The topological polar surface area (TPSA) is 61.3 Å². The van der Waals surface area contributed by atoms with E-state index in [0.29, 0.717) is 6.54 Å². The van der Waals surface area contributed by atoms with Gasteiger partial charge in [0.2, 0.25) is 0 Å². The van der Waals surface area contributed by atoms with Crippen molar-refractivity contribution in [3.63, 3.8) is 0 Å². The molecule has 0 saturated carbocycles. The molecule has 3 heteroatoms. The van der Waals surface area contributed by atoms with Gasteiger partial charge in [0.25, 0.3) is 0 Å². The molecule has 1 aromatic carbocycles. The summed E-state index contributed by atoms with van der Waals surface area (Å²) in [7, 11) is 1.69. The van der Waals surface area contributed by atoms with Crippen molar-refractivity contribution in [2.45, 2.75) is 40.2 Å². The Morgan fingerprint density at radius 1 is 1.22 bits per heavy atom. The largest absolute Gasteiger partial charge is 0.496 e. The lowest BCUT2D eigenvalue weighted by Gasteiger charge is -2.33. The van der Waals surface area contributed by atoms with Crippen LogP contribution in [0, 0.1) is 19.3 Å². The molecule has 0 aromatic heterocycles. The van der Waals surface area contributed by atoms with Gasteiger partial charge in [-0.1, -0.05) is 19.9 Å². The Bertz CT molecular complexity index is 413. The number of ether oxygens (including phenoxy) is 1. The summed E-state index contributed by atoms with van der Waals surface area (Å²) in [5.74, 6) is 0.917. The second-order valence-electron chi connectivity index (χ2n) is 5.61. The first-order valence-electron chi connectivity index (χ1n) is 6.45. The van der Waals surface area contributed by atoms with Crippen LogP contribution in [0.15, 0.2) is 12.1 Å². The van der Waals surface area contributed by atoms with E-state index in [4.69, 9.17) is 16.2 Å². The van der Waals surface area contributed by atoms with Gasteiger partial charge in [0, 0.05) is 6.04 Å². The summed E-state index contributed by atoms with van der Waals surface area (Å²) in [6.07, 6.45) is 0.915.